The maximum atomic E-state index is 10.7. The lowest BCUT2D eigenvalue weighted by Gasteiger charge is -2.21. The minimum atomic E-state index is -0.447. The molecule has 2 aromatic rings. The Balaban J connectivity index is 1.70. The number of non-ortho nitro benzene ring substituents is 1. The Morgan fingerprint density at radius 3 is 2.95 bits per heavy atom. The molecule has 0 aliphatic carbocycles. The van der Waals surface area contributed by atoms with Gasteiger partial charge in [0.1, 0.15) is 5.52 Å². The van der Waals surface area contributed by atoms with E-state index in [0.717, 1.165) is 32.6 Å². The van der Waals surface area contributed by atoms with Crippen LogP contribution in [0.1, 0.15) is 12.8 Å². The van der Waals surface area contributed by atoms with Crippen molar-refractivity contribution in [3.05, 3.63) is 28.3 Å². The number of aromatic nitrogens is 1. The molecule has 106 valence electrons. The van der Waals surface area contributed by atoms with Crippen LogP contribution in [0.3, 0.4) is 0 Å². The van der Waals surface area contributed by atoms with Crippen molar-refractivity contribution in [2.24, 2.45) is 5.92 Å². The smallest absolute Gasteiger partial charge is 0.295 e. The van der Waals surface area contributed by atoms with Gasteiger partial charge in [-0.05, 0) is 24.8 Å². The Kier molecular flexibility index (Phi) is 3.51. The summed E-state index contributed by atoms with van der Waals surface area (Å²) in [5, 5.41) is 13.8. The standard InChI is InChI=1S/C13H15N3O4/c17-16(18)10-1-2-11-12(7-10)20-13(15-11)14-8-9-3-5-19-6-4-9/h1-2,7,9H,3-6,8H2,(H,14,15). The number of hydrogen-bond acceptors (Lipinski definition) is 6. The first kappa shape index (κ1) is 12.9. The van der Waals surface area contributed by atoms with Crippen LogP contribution < -0.4 is 5.32 Å². The molecule has 1 aromatic carbocycles. The number of ether oxygens (including phenoxy) is 1. The number of oxazole rings is 1. The molecule has 1 aliphatic heterocycles. The number of anilines is 1. The van der Waals surface area contributed by atoms with Gasteiger partial charge in [0.15, 0.2) is 5.58 Å². The fraction of sp³-hybridized carbons (Fsp3) is 0.462. The summed E-state index contributed by atoms with van der Waals surface area (Å²) in [4.78, 5) is 14.5. The van der Waals surface area contributed by atoms with Gasteiger partial charge < -0.3 is 14.5 Å². The number of rotatable bonds is 4. The van der Waals surface area contributed by atoms with Crippen molar-refractivity contribution in [3.63, 3.8) is 0 Å². The molecule has 0 spiro atoms. The van der Waals surface area contributed by atoms with Crippen molar-refractivity contribution in [1.29, 1.82) is 0 Å². The molecule has 0 radical (unpaired) electrons. The molecule has 1 saturated heterocycles. The van der Waals surface area contributed by atoms with Gasteiger partial charge in [-0.15, -0.1) is 0 Å². The fourth-order valence-electron chi connectivity index (χ4n) is 2.28. The zero-order chi connectivity index (χ0) is 13.9. The molecule has 1 fully saturated rings. The van der Waals surface area contributed by atoms with Gasteiger partial charge in [-0.25, -0.2) is 0 Å². The molecule has 7 heteroatoms. The predicted molar refractivity (Wildman–Crippen MR) is 72.7 cm³/mol. The first-order valence-corrected chi connectivity index (χ1v) is 6.59. The number of nitro groups is 1. The van der Waals surface area contributed by atoms with E-state index in [1.807, 2.05) is 0 Å². The van der Waals surface area contributed by atoms with Crippen molar-refractivity contribution in [2.75, 3.05) is 25.1 Å². The summed E-state index contributed by atoms with van der Waals surface area (Å²) >= 11 is 0. The third kappa shape index (κ3) is 2.72. The first-order chi connectivity index (χ1) is 9.72. The summed E-state index contributed by atoms with van der Waals surface area (Å²) in [5.41, 5.74) is 1.04. The van der Waals surface area contributed by atoms with E-state index in [-0.39, 0.29) is 5.69 Å². The molecule has 0 atom stereocenters. The largest absolute Gasteiger partial charge is 0.423 e. The summed E-state index contributed by atoms with van der Waals surface area (Å²) in [6.45, 7) is 2.37. The monoisotopic (exact) mass is 277 g/mol. The van der Waals surface area contributed by atoms with Gasteiger partial charge in [-0.1, -0.05) is 0 Å². The Morgan fingerprint density at radius 1 is 1.40 bits per heavy atom. The summed E-state index contributed by atoms with van der Waals surface area (Å²) in [5.74, 6) is 0.549. The highest BCUT2D eigenvalue weighted by Crippen LogP contribution is 2.24. The predicted octanol–water partition coefficient (Wildman–Crippen LogP) is 2.57. The van der Waals surface area contributed by atoms with E-state index in [1.54, 1.807) is 6.07 Å². The molecular weight excluding hydrogens is 262 g/mol. The summed E-state index contributed by atoms with van der Waals surface area (Å²) in [7, 11) is 0. The van der Waals surface area contributed by atoms with Gasteiger partial charge in [0.05, 0.1) is 11.0 Å². The number of nitrogens with one attached hydrogen (secondary N) is 1. The van der Waals surface area contributed by atoms with Crippen molar-refractivity contribution in [3.8, 4) is 0 Å². The highest BCUT2D eigenvalue weighted by atomic mass is 16.6. The van der Waals surface area contributed by atoms with Crippen LogP contribution in [0.25, 0.3) is 11.1 Å². The summed E-state index contributed by atoms with van der Waals surface area (Å²) in [6.07, 6.45) is 2.05. The van der Waals surface area contributed by atoms with Gasteiger partial charge in [0.25, 0.3) is 11.7 Å². The second kappa shape index (κ2) is 5.46. The first-order valence-electron chi connectivity index (χ1n) is 6.59. The average Bonchev–Trinajstić information content (AvgIpc) is 2.88. The second-order valence-corrected chi connectivity index (χ2v) is 4.86. The van der Waals surface area contributed by atoms with Crippen LogP contribution in [0.5, 0.6) is 0 Å². The van der Waals surface area contributed by atoms with E-state index in [1.165, 1.54) is 12.1 Å². The van der Waals surface area contributed by atoms with Crippen LogP contribution in [0.4, 0.5) is 11.7 Å². The minimum Gasteiger partial charge on any atom is -0.423 e. The van der Waals surface area contributed by atoms with Crippen LogP contribution in [0.15, 0.2) is 22.6 Å². The molecule has 1 aromatic heterocycles. The normalized spacial score (nSPS) is 16.4. The zero-order valence-corrected chi connectivity index (χ0v) is 10.9. The molecule has 0 unspecified atom stereocenters. The highest BCUT2D eigenvalue weighted by Gasteiger charge is 2.15. The van der Waals surface area contributed by atoms with E-state index < -0.39 is 4.92 Å². The lowest BCUT2D eigenvalue weighted by Crippen LogP contribution is -2.22. The Hall–Kier alpha value is -2.15. The molecule has 7 nitrogen and oxygen atoms in total. The van der Waals surface area contributed by atoms with E-state index >= 15 is 0 Å². The fourth-order valence-corrected chi connectivity index (χ4v) is 2.28. The molecule has 1 N–H and O–H groups in total. The van der Waals surface area contributed by atoms with Crippen molar-refractivity contribution in [1.82, 2.24) is 4.98 Å². The van der Waals surface area contributed by atoms with E-state index in [9.17, 15) is 10.1 Å². The lowest BCUT2D eigenvalue weighted by atomic mass is 10.0. The van der Waals surface area contributed by atoms with E-state index in [4.69, 9.17) is 9.15 Å². The summed E-state index contributed by atoms with van der Waals surface area (Å²) in [6, 6.07) is 4.82. The quantitative estimate of drug-likeness (QED) is 0.682. The molecular formula is C13H15N3O4. The second-order valence-electron chi connectivity index (χ2n) is 4.86. The molecule has 0 bridgehead atoms. The maximum Gasteiger partial charge on any atom is 0.295 e. The lowest BCUT2D eigenvalue weighted by molar-refractivity contribution is -0.384. The van der Waals surface area contributed by atoms with Gasteiger partial charge in [0, 0.05) is 25.8 Å². The zero-order valence-electron chi connectivity index (χ0n) is 10.9. The maximum absolute atomic E-state index is 10.7. The number of nitro benzene ring substituents is 1. The molecule has 20 heavy (non-hydrogen) atoms. The van der Waals surface area contributed by atoms with Crippen LogP contribution in [0.2, 0.25) is 0 Å². The number of hydrogen-bond donors (Lipinski definition) is 1. The molecule has 2 heterocycles. The van der Waals surface area contributed by atoms with Gasteiger partial charge in [-0.2, -0.15) is 4.98 Å². The SMILES string of the molecule is O=[N+]([O-])c1ccc2nc(NCC3CCOCC3)oc2c1. The molecule has 0 amide bonds. The third-order valence-electron chi connectivity index (χ3n) is 3.47. The van der Waals surface area contributed by atoms with Crippen molar-refractivity contribution in [2.45, 2.75) is 12.8 Å². The highest BCUT2D eigenvalue weighted by molar-refractivity contribution is 5.77. The molecule has 3 rings (SSSR count). The average molecular weight is 277 g/mol. The van der Waals surface area contributed by atoms with Gasteiger partial charge >= 0.3 is 0 Å². The Morgan fingerprint density at radius 2 is 2.20 bits per heavy atom. The van der Waals surface area contributed by atoms with Crippen LogP contribution in [-0.4, -0.2) is 29.7 Å². The number of benzene rings is 1. The van der Waals surface area contributed by atoms with Gasteiger partial charge in [-0.3, -0.25) is 10.1 Å². The Labute approximate surface area is 115 Å². The van der Waals surface area contributed by atoms with E-state index in [2.05, 4.69) is 10.3 Å². The topological polar surface area (TPSA) is 90.4 Å². The number of fused-ring (bicyclic) bond motifs is 1. The van der Waals surface area contributed by atoms with E-state index in [0.29, 0.717) is 23.0 Å². The molecule has 0 saturated carbocycles. The van der Waals surface area contributed by atoms with Crippen molar-refractivity contribution < 1.29 is 14.1 Å². The Bertz CT molecular complexity index is 619. The van der Waals surface area contributed by atoms with Crippen LogP contribution in [0, 0.1) is 16.0 Å². The third-order valence-corrected chi connectivity index (χ3v) is 3.47. The van der Waals surface area contributed by atoms with Crippen LogP contribution >= 0.6 is 0 Å². The van der Waals surface area contributed by atoms with Gasteiger partial charge in [0.2, 0.25) is 0 Å². The summed E-state index contributed by atoms with van der Waals surface area (Å²) < 4.78 is 10.8. The van der Waals surface area contributed by atoms with Crippen molar-refractivity contribution >= 4 is 22.8 Å². The minimum absolute atomic E-state index is 0.00429. The molecule has 1 aliphatic rings. The number of nitrogens with zero attached hydrogens (tertiary/aromatic N) is 2. The van der Waals surface area contributed by atoms with Crippen LogP contribution in [-0.2, 0) is 4.74 Å².